The summed E-state index contributed by atoms with van der Waals surface area (Å²) in [5.74, 6) is -0.0401. The number of anilines is 1. The van der Waals surface area contributed by atoms with Gasteiger partial charge in [-0.3, -0.25) is 4.79 Å². The molecule has 0 saturated carbocycles. The number of fused-ring (bicyclic) bond motifs is 1. The van der Waals surface area contributed by atoms with Crippen molar-refractivity contribution in [2.24, 2.45) is 0 Å². The van der Waals surface area contributed by atoms with Gasteiger partial charge in [0.1, 0.15) is 6.10 Å². The van der Waals surface area contributed by atoms with Crippen molar-refractivity contribution in [1.82, 2.24) is 10.2 Å². The lowest BCUT2D eigenvalue weighted by atomic mass is 9.95. The quantitative estimate of drug-likeness (QED) is 0.609. The molecule has 8 nitrogen and oxygen atoms in total. The second kappa shape index (κ2) is 11.3. The van der Waals surface area contributed by atoms with Crippen LogP contribution in [-0.4, -0.2) is 72.6 Å². The Bertz CT molecular complexity index is 781. The Labute approximate surface area is 192 Å². The van der Waals surface area contributed by atoms with E-state index in [0.717, 1.165) is 6.42 Å². The molecular weight excluding hydrogens is 445 g/mol. The summed E-state index contributed by atoms with van der Waals surface area (Å²) in [6.07, 6.45) is 1.01. The lowest BCUT2D eigenvalue weighted by Gasteiger charge is -2.44. The van der Waals surface area contributed by atoms with E-state index in [4.69, 9.17) is 32.7 Å². The number of aliphatic hydroxyl groups is 1. The molecule has 0 spiro atoms. The molecule has 0 aliphatic carbocycles. The van der Waals surface area contributed by atoms with Crippen molar-refractivity contribution < 1.29 is 24.2 Å². The van der Waals surface area contributed by atoms with Gasteiger partial charge in [0.15, 0.2) is 0 Å². The van der Waals surface area contributed by atoms with Crippen molar-refractivity contribution in [2.75, 3.05) is 31.6 Å². The van der Waals surface area contributed by atoms with Crippen molar-refractivity contribution in [3.05, 3.63) is 28.2 Å². The van der Waals surface area contributed by atoms with E-state index in [9.17, 15) is 14.7 Å². The van der Waals surface area contributed by atoms with Gasteiger partial charge in [0.2, 0.25) is 5.91 Å². The molecule has 0 bridgehead atoms. The Hall–Kier alpha value is -1.58. The van der Waals surface area contributed by atoms with E-state index in [2.05, 4.69) is 10.6 Å². The highest BCUT2D eigenvalue weighted by molar-refractivity contribution is 6.42. The van der Waals surface area contributed by atoms with Crippen molar-refractivity contribution in [3.63, 3.8) is 0 Å². The topological polar surface area (TPSA) is 100 Å². The molecule has 3 N–H and O–H groups in total. The fourth-order valence-corrected chi connectivity index (χ4v) is 4.19. The molecule has 31 heavy (non-hydrogen) atoms. The summed E-state index contributed by atoms with van der Waals surface area (Å²) < 4.78 is 11.7. The number of aliphatic hydroxyl groups excluding tert-OH is 1. The van der Waals surface area contributed by atoms with Gasteiger partial charge >= 0.3 is 6.03 Å². The number of rotatable bonds is 5. The molecule has 0 aromatic heterocycles. The monoisotopic (exact) mass is 473 g/mol. The Morgan fingerprint density at radius 3 is 2.77 bits per heavy atom. The average Bonchev–Trinajstić information content (AvgIpc) is 2.72. The van der Waals surface area contributed by atoms with Crippen molar-refractivity contribution in [1.29, 1.82) is 0 Å². The van der Waals surface area contributed by atoms with Gasteiger partial charge in [-0.25, -0.2) is 4.79 Å². The van der Waals surface area contributed by atoms with Crippen LogP contribution < -0.4 is 10.6 Å². The van der Waals surface area contributed by atoms with Crippen molar-refractivity contribution in [2.45, 2.75) is 57.0 Å². The van der Waals surface area contributed by atoms with Gasteiger partial charge < -0.3 is 30.1 Å². The summed E-state index contributed by atoms with van der Waals surface area (Å²) >= 11 is 12.0. The zero-order valence-corrected chi connectivity index (χ0v) is 19.0. The van der Waals surface area contributed by atoms with Gasteiger partial charge in [-0.2, -0.15) is 0 Å². The van der Waals surface area contributed by atoms with Crippen LogP contribution in [0.3, 0.4) is 0 Å². The average molecular weight is 474 g/mol. The van der Waals surface area contributed by atoms with E-state index in [-0.39, 0.29) is 56.4 Å². The maximum absolute atomic E-state index is 13.1. The molecule has 1 aromatic rings. The zero-order valence-electron chi connectivity index (χ0n) is 17.5. The molecular formula is C21H29Cl2N3O5. The molecule has 2 aliphatic heterocycles. The first-order valence-corrected chi connectivity index (χ1v) is 11.3. The summed E-state index contributed by atoms with van der Waals surface area (Å²) in [4.78, 5) is 26.7. The molecule has 4 atom stereocenters. The predicted molar refractivity (Wildman–Crippen MR) is 119 cm³/mol. The van der Waals surface area contributed by atoms with Crippen LogP contribution in [0.15, 0.2) is 18.2 Å². The van der Waals surface area contributed by atoms with Crippen LogP contribution >= 0.6 is 23.2 Å². The molecule has 10 heteroatoms. The standard InChI is InChI=1S/C21H29Cl2N3O5/c1-2-7-24-20(28)9-15-4-6-18-19(31-15)12-30-11-14(27)10-26(18)21(29)25-13-3-5-16(22)17(23)8-13/h3,5,8,14-15,18-19,27H,2,4,6-7,9-12H2,1H3,(H,24,28)(H,25,29)/t14-,15+,18-,19+/m0/s1. The van der Waals surface area contributed by atoms with Gasteiger partial charge in [-0.1, -0.05) is 30.1 Å². The van der Waals surface area contributed by atoms with Gasteiger partial charge in [0.25, 0.3) is 0 Å². The van der Waals surface area contributed by atoms with E-state index < -0.39 is 6.10 Å². The first-order valence-electron chi connectivity index (χ1n) is 10.6. The fraction of sp³-hybridized carbons (Fsp3) is 0.619. The SMILES string of the molecule is CCCNC(=O)C[C@H]1CC[C@H]2[C@@H](COC[C@@H](O)CN2C(=O)Nc2ccc(Cl)c(Cl)c2)O1. The number of benzene rings is 1. The van der Waals surface area contributed by atoms with Gasteiger partial charge in [-0.15, -0.1) is 0 Å². The molecule has 2 fully saturated rings. The van der Waals surface area contributed by atoms with E-state index in [1.807, 2.05) is 6.92 Å². The number of carbonyl (C=O) groups is 2. The van der Waals surface area contributed by atoms with Crippen LogP contribution in [0, 0.1) is 0 Å². The number of hydrogen-bond donors (Lipinski definition) is 3. The summed E-state index contributed by atoms with van der Waals surface area (Å²) in [5.41, 5.74) is 0.506. The molecule has 3 rings (SSSR count). The van der Waals surface area contributed by atoms with Crippen LogP contribution in [0.2, 0.25) is 10.0 Å². The first kappa shape index (κ1) is 24.1. The highest BCUT2D eigenvalue weighted by atomic mass is 35.5. The van der Waals surface area contributed by atoms with Crippen LogP contribution in [-0.2, 0) is 14.3 Å². The maximum Gasteiger partial charge on any atom is 0.322 e. The minimum absolute atomic E-state index is 0.0401. The van der Waals surface area contributed by atoms with Gasteiger partial charge in [-0.05, 0) is 37.5 Å². The third kappa shape index (κ3) is 6.70. The fourth-order valence-electron chi connectivity index (χ4n) is 3.89. The minimum atomic E-state index is -0.807. The molecule has 172 valence electrons. The second-order valence-corrected chi connectivity index (χ2v) is 8.71. The Morgan fingerprint density at radius 2 is 2.03 bits per heavy atom. The molecule has 2 saturated heterocycles. The van der Waals surface area contributed by atoms with Gasteiger partial charge in [0.05, 0.1) is 54.5 Å². The molecule has 0 unspecified atom stereocenters. The van der Waals surface area contributed by atoms with E-state index >= 15 is 0 Å². The number of hydrogen-bond acceptors (Lipinski definition) is 5. The Kier molecular flexibility index (Phi) is 8.80. The van der Waals surface area contributed by atoms with Crippen LogP contribution in [0.5, 0.6) is 0 Å². The lowest BCUT2D eigenvalue weighted by Crippen LogP contribution is -2.58. The number of β-amino-alcohol motifs (C(OH)–C–C–N with tert-alkyl or cyclic N) is 1. The third-order valence-electron chi connectivity index (χ3n) is 5.40. The van der Waals surface area contributed by atoms with E-state index in [1.54, 1.807) is 23.1 Å². The lowest BCUT2D eigenvalue weighted by molar-refractivity contribution is -0.149. The number of amides is 3. The third-order valence-corrected chi connectivity index (χ3v) is 6.14. The predicted octanol–water partition coefficient (Wildman–Crippen LogP) is 3.05. The minimum Gasteiger partial charge on any atom is -0.389 e. The normalized spacial score (nSPS) is 26.4. The Morgan fingerprint density at radius 1 is 1.23 bits per heavy atom. The Balaban J connectivity index is 1.68. The maximum atomic E-state index is 13.1. The van der Waals surface area contributed by atoms with Gasteiger partial charge in [0, 0.05) is 12.2 Å². The number of nitrogens with zero attached hydrogens (tertiary/aromatic N) is 1. The highest BCUT2D eigenvalue weighted by Gasteiger charge is 2.40. The first-order chi connectivity index (χ1) is 14.9. The number of nitrogens with one attached hydrogen (secondary N) is 2. The smallest absolute Gasteiger partial charge is 0.322 e. The summed E-state index contributed by atoms with van der Waals surface area (Å²) in [6.45, 7) is 3.09. The largest absolute Gasteiger partial charge is 0.389 e. The van der Waals surface area contributed by atoms with E-state index in [1.165, 1.54) is 0 Å². The number of carbonyl (C=O) groups excluding carboxylic acids is 2. The highest BCUT2D eigenvalue weighted by Crippen LogP contribution is 2.29. The van der Waals surface area contributed by atoms with Crippen LogP contribution in [0.25, 0.3) is 0 Å². The number of halogens is 2. The van der Waals surface area contributed by atoms with Crippen molar-refractivity contribution in [3.8, 4) is 0 Å². The molecule has 2 heterocycles. The molecule has 3 amide bonds. The van der Waals surface area contributed by atoms with E-state index in [0.29, 0.717) is 35.1 Å². The molecule has 0 radical (unpaired) electrons. The summed E-state index contributed by atoms with van der Waals surface area (Å²) in [6, 6.07) is 4.20. The number of ether oxygens (including phenoxy) is 2. The molecule has 2 aliphatic rings. The number of urea groups is 1. The van der Waals surface area contributed by atoms with Crippen molar-refractivity contribution >= 4 is 40.8 Å². The van der Waals surface area contributed by atoms with Crippen LogP contribution in [0.4, 0.5) is 10.5 Å². The second-order valence-electron chi connectivity index (χ2n) is 7.90. The summed E-state index contributed by atoms with van der Waals surface area (Å²) in [7, 11) is 0. The molecule has 1 aromatic carbocycles. The summed E-state index contributed by atoms with van der Waals surface area (Å²) in [5, 5.41) is 16.7. The zero-order chi connectivity index (χ0) is 22.4. The van der Waals surface area contributed by atoms with Crippen LogP contribution in [0.1, 0.15) is 32.6 Å².